The summed E-state index contributed by atoms with van der Waals surface area (Å²) in [7, 11) is 0. The first-order valence-corrected chi connectivity index (χ1v) is 8.18. The Morgan fingerprint density at radius 1 is 1.40 bits per heavy atom. The van der Waals surface area contributed by atoms with Crippen molar-refractivity contribution >= 4 is 11.6 Å². The van der Waals surface area contributed by atoms with E-state index in [1.165, 1.54) is 31.7 Å². The standard InChI is InChI=1S/C17H25ClFN/c1-3-9-20-17(13-6-4-5-12(2)10-13)15-8-7-14(18)11-16(15)19/h7-8,11-13,17,20H,3-6,9-10H2,1-2H3. The van der Waals surface area contributed by atoms with Crippen molar-refractivity contribution in [2.45, 2.75) is 52.0 Å². The van der Waals surface area contributed by atoms with E-state index in [1.54, 1.807) is 6.07 Å². The summed E-state index contributed by atoms with van der Waals surface area (Å²) in [5.74, 6) is 1.10. The molecule has 1 aromatic carbocycles. The Morgan fingerprint density at radius 2 is 2.20 bits per heavy atom. The van der Waals surface area contributed by atoms with Gasteiger partial charge in [0.1, 0.15) is 5.82 Å². The molecule has 1 N–H and O–H groups in total. The van der Waals surface area contributed by atoms with E-state index in [4.69, 9.17) is 11.6 Å². The van der Waals surface area contributed by atoms with Crippen LogP contribution in [0.3, 0.4) is 0 Å². The van der Waals surface area contributed by atoms with Gasteiger partial charge in [-0.2, -0.15) is 0 Å². The summed E-state index contributed by atoms with van der Waals surface area (Å²) in [6.45, 7) is 5.38. The van der Waals surface area contributed by atoms with Gasteiger partial charge in [-0.1, -0.05) is 44.4 Å². The van der Waals surface area contributed by atoms with Crippen molar-refractivity contribution in [3.05, 3.63) is 34.6 Å². The fourth-order valence-corrected chi connectivity index (χ4v) is 3.53. The zero-order valence-electron chi connectivity index (χ0n) is 12.5. The molecule has 0 bridgehead atoms. The quantitative estimate of drug-likeness (QED) is 0.773. The van der Waals surface area contributed by atoms with Crippen molar-refractivity contribution in [3.63, 3.8) is 0 Å². The van der Waals surface area contributed by atoms with Gasteiger partial charge < -0.3 is 5.32 Å². The summed E-state index contributed by atoms with van der Waals surface area (Å²) in [6.07, 6.45) is 6.00. The van der Waals surface area contributed by atoms with Crippen molar-refractivity contribution in [2.24, 2.45) is 11.8 Å². The van der Waals surface area contributed by atoms with Crippen molar-refractivity contribution in [3.8, 4) is 0 Å². The number of rotatable bonds is 5. The minimum absolute atomic E-state index is 0.120. The first-order valence-electron chi connectivity index (χ1n) is 7.80. The van der Waals surface area contributed by atoms with E-state index in [9.17, 15) is 4.39 Å². The maximum atomic E-state index is 14.3. The van der Waals surface area contributed by atoms with E-state index in [1.807, 2.05) is 6.07 Å². The molecule has 1 aliphatic rings. The maximum absolute atomic E-state index is 14.3. The Morgan fingerprint density at radius 3 is 2.85 bits per heavy atom. The second-order valence-corrected chi connectivity index (χ2v) is 6.57. The van der Waals surface area contributed by atoms with Crippen molar-refractivity contribution in [1.82, 2.24) is 5.32 Å². The predicted octanol–water partition coefficient (Wildman–Crippen LogP) is 5.35. The molecular weight excluding hydrogens is 273 g/mol. The zero-order valence-corrected chi connectivity index (χ0v) is 13.2. The minimum atomic E-state index is -0.177. The molecule has 3 unspecified atom stereocenters. The largest absolute Gasteiger partial charge is 0.310 e. The minimum Gasteiger partial charge on any atom is -0.310 e. The second kappa shape index (κ2) is 7.42. The van der Waals surface area contributed by atoms with Gasteiger partial charge >= 0.3 is 0 Å². The lowest BCUT2D eigenvalue weighted by Gasteiger charge is -2.34. The van der Waals surface area contributed by atoms with Crippen LogP contribution in [0.2, 0.25) is 5.02 Å². The van der Waals surface area contributed by atoms with Crippen LogP contribution in [0.1, 0.15) is 57.6 Å². The molecular formula is C17H25ClFN. The topological polar surface area (TPSA) is 12.0 Å². The van der Waals surface area contributed by atoms with Gasteiger partial charge in [0.15, 0.2) is 0 Å². The molecule has 0 amide bonds. The first kappa shape index (κ1) is 15.8. The summed E-state index contributed by atoms with van der Waals surface area (Å²) >= 11 is 5.87. The number of hydrogen-bond donors (Lipinski definition) is 1. The van der Waals surface area contributed by atoms with Crippen LogP contribution in [0, 0.1) is 17.7 Å². The smallest absolute Gasteiger partial charge is 0.129 e. The highest BCUT2D eigenvalue weighted by Gasteiger charge is 2.29. The van der Waals surface area contributed by atoms with Gasteiger partial charge in [-0.05, 0) is 49.8 Å². The van der Waals surface area contributed by atoms with E-state index in [0.29, 0.717) is 10.9 Å². The molecule has 0 saturated heterocycles. The van der Waals surface area contributed by atoms with Crippen LogP contribution < -0.4 is 5.32 Å². The van der Waals surface area contributed by atoms with Gasteiger partial charge in [-0.15, -0.1) is 0 Å². The molecule has 0 aliphatic heterocycles. The Balaban J connectivity index is 2.21. The average molecular weight is 298 g/mol. The molecule has 1 fully saturated rings. The van der Waals surface area contributed by atoms with Gasteiger partial charge in [0.25, 0.3) is 0 Å². The summed E-state index contributed by atoms with van der Waals surface area (Å²) < 4.78 is 14.3. The third-order valence-electron chi connectivity index (χ3n) is 4.36. The van der Waals surface area contributed by atoms with Crippen molar-refractivity contribution < 1.29 is 4.39 Å². The van der Waals surface area contributed by atoms with Gasteiger partial charge in [-0.25, -0.2) is 4.39 Å². The molecule has 20 heavy (non-hydrogen) atoms. The highest BCUT2D eigenvalue weighted by Crippen LogP contribution is 2.38. The second-order valence-electron chi connectivity index (χ2n) is 6.13. The number of halogens is 2. The Labute approximate surface area is 126 Å². The fourth-order valence-electron chi connectivity index (χ4n) is 3.37. The fraction of sp³-hybridized carbons (Fsp3) is 0.647. The van der Waals surface area contributed by atoms with Gasteiger partial charge in [-0.3, -0.25) is 0 Å². The summed E-state index contributed by atoms with van der Waals surface area (Å²) in [4.78, 5) is 0. The van der Waals surface area contributed by atoms with Gasteiger partial charge in [0.05, 0.1) is 0 Å². The van der Waals surface area contributed by atoms with Gasteiger partial charge in [0, 0.05) is 16.6 Å². The molecule has 2 rings (SSSR count). The van der Waals surface area contributed by atoms with Crippen LogP contribution in [-0.4, -0.2) is 6.54 Å². The maximum Gasteiger partial charge on any atom is 0.129 e. The van der Waals surface area contributed by atoms with Crippen LogP contribution in [0.4, 0.5) is 4.39 Å². The molecule has 1 aliphatic carbocycles. The van der Waals surface area contributed by atoms with Crippen LogP contribution >= 0.6 is 11.6 Å². The molecule has 0 heterocycles. The summed E-state index contributed by atoms with van der Waals surface area (Å²) in [5, 5.41) is 4.02. The lowest BCUT2D eigenvalue weighted by atomic mass is 9.76. The predicted molar refractivity (Wildman–Crippen MR) is 83.6 cm³/mol. The highest BCUT2D eigenvalue weighted by atomic mass is 35.5. The molecule has 3 atom stereocenters. The third kappa shape index (κ3) is 3.95. The Kier molecular flexibility index (Phi) is 5.86. The molecule has 3 heteroatoms. The first-order chi connectivity index (χ1) is 9.61. The van der Waals surface area contributed by atoms with E-state index < -0.39 is 0 Å². The van der Waals surface area contributed by atoms with Crippen LogP contribution in [0.25, 0.3) is 0 Å². The van der Waals surface area contributed by atoms with Crippen LogP contribution in [0.5, 0.6) is 0 Å². The number of hydrogen-bond acceptors (Lipinski definition) is 1. The SMILES string of the molecule is CCCNC(c1ccc(Cl)cc1F)C1CCCC(C)C1. The van der Waals surface area contributed by atoms with Crippen molar-refractivity contribution in [2.75, 3.05) is 6.54 Å². The van der Waals surface area contributed by atoms with E-state index in [0.717, 1.165) is 24.4 Å². The van der Waals surface area contributed by atoms with E-state index in [-0.39, 0.29) is 11.9 Å². The van der Waals surface area contributed by atoms with Crippen LogP contribution in [0.15, 0.2) is 18.2 Å². The number of benzene rings is 1. The Bertz CT molecular complexity index is 435. The average Bonchev–Trinajstić information content (AvgIpc) is 2.41. The zero-order chi connectivity index (χ0) is 14.5. The summed E-state index contributed by atoms with van der Waals surface area (Å²) in [5.41, 5.74) is 0.780. The normalized spacial score (nSPS) is 24.6. The van der Waals surface area contributed by atoms with Crippen molar-refractivity contribution in [1.29, 1.82) is 0 Å². The molecule has 112 valence electrons. The molecule has 1 nitrogen and oxygen atoms in total. The summed E-state index contributed by atoms with van der Waals surface area (Å²) in [6, 6.07) is 5.20. The Hall–Kier alpha value is -0.600. The molecule has 1 saturated carbocycles. The molecule has 0 aromatic heterocycles. The highest BCUT2D eigenvalue weighted by molar-refractivity contribution is 6.30. The molecule has 1 aromatic rings. The van der Waals surface area contributed by atoms with Gasteiger partial charge in [0.2, 0.25) is 0 Å². The monoisotopic (exact) mass is 297 g/mol. The lowest BCUT2D eigenvalue weighted by Crippen LogP contribution is -2.32. The molecule has 0 radical (unpaired) electrons. The third-order valence-corrected chi connectivity index (χ3v) is 4.60. The molecule has 0 spiro atoms. The number of nitrogens with one attached hydrogen (secondary N) is 1. The van der Waals surface area contributed by atoms with E-state index in [2.05, 4.69) is 19.2 Å². The lowest BCUT2D eigenvalue weighted by molar-refractivity contribution is 0.221. The van der Waals surface area contributed by atoms with Crippen LogP contribution in [-0.2, 0) is 0 Å². The van der Waals surface area contributed by atoms with E-state index >= 15 is 0 Å².